The zero-order valence-corrected chi connectivity index (χ0v) is 23.5. The van der Waals surface area contributed by atoms with Gasteiger partial charge in [0.25, 0.3) is 5.91 Å². The van der Waals surface area contributed by atoms with E-state index in [9.17, 15) is 18.0 Å². The molecule has 1 saturated heterocycles. The molecule has 0 atom stereocenters. The number of aromatic amines is 1. The van der Waals surface area contributed by atoms with Crippen molar-refractivity contribution in [2.75, 3.05) is 25.1 Å². The highest BCUT2D eigenvalue weighted by molar-refractivity contribution is 5.94. The van der Waals surface area contributed by atoms with Gasteiger partial charge in [0.05, 0.1) is 30.3 Å². The zero-order valence-electron chi connectivity index (χ0n) is 23.5. The smallest absolute Gasteiger partial charge is 0.251 e. The van der Waals surface area contributed by atoms with Crippen LogP contribution in [0.2, 0.25) is 0 Å². The van der Waals surface area contributed by atoms with E-state index in [0.717, 1.165) is 12.1 Å². The number of benzene rings is 3. The summed E-state index contributed by atoms with van der Waals surface area (Å²) in [6.07, 6.45) is 0.657. The molecule has 3 N–H and O–H groups in total. The predicted octanol–water partition coefficient (Wildman–Crippen LogP) is 6.18. The summed E-state index contributed by atoms with van der Waals surface area (Å²) >= 11 is 0. The van der Waals surface area contributed by atoms with Crippen LogP contribution in [-0.4, -0.2) is 45.6 Å². The fraction of sp³-hybridized carbons (Fsp3) is 0.188. The summed E-state index contributed by atoms with van der Waals surface area (Å²) in [5.74, 6) is -2.06. The maximum atomic E-state index is 13.7. The second-order valence-electron chi connectivity index (χ2n) is 10.7. The van der Waals surface area contributed by atoms with Crippen LogP contribution in [-0.2, 0) is 9.47 Å². The molecule has 0 saturated carbocycles. The Morgan fingerprint density at radius 2 is 1.70 bits per heavy atom. The van der Waals surface area contributed by atoms with Crippen molar-refractivity contribution in [1.82, 2.24) is 25.3 Å². The van der Waals surface area contributed by atoms with Gasteiger partial charge >= 0.3 is 0 Å². The Hall–Kier alpha value is -5.07. The van der Waals surface area contributed by atoms with Gasteiger partial charge in [-0.05, 0) is 54.6 Å². The third kappa shape index (κ3) is 6.46. The largest absolute Gasteiger partial charge is 0.351 e. The van der Waals surface area contributed by atoms with Crippen LogP contribution in [0, 0.1) is 22.9 Å². The van der Waals surface area contributed by atoms with Crippen LogP contribution in [0.25, 0.3) is 22.6 Å². The predicted molar refractivity (Wildman–Crippen MR) is 156 cm³/mol. The molecule has 224 valence electrons. The summed E-state index contributed by atoms with van der Waals surface area (Å²) in [6.45, 7) is 2.86. The van der Waals surface area contributed by atoms with Crippen LogP contribution < -0.4 is 10.6 Å². The zero-order chi connectivity index (χ0) is 30.7. The average molecular weight is 601 g/mol. The molecular weight excluding hydrogens is 573 g/mol. The van der Waals surface area contributed by atoms with Crippen LogP contribution in [0.15, 0.2) is 85.1 Å². The molecule has 44 heavy (non-hydrogen) atoms. The van der Waals surface area contributed by atoms with E-state index < -0.39 is 29.2 Å². The van der Waals surface area contributed by atoms with E-state index in [1.54, 1.807) is 42.5 Å². The molecule has 1 aliphatic rings. The second kappa shape index (κ2) is 12.3. The van der Waals surface area contributed by atoms with E-state index in [4.69, 9.17) is 14.5 Å². The molecule has 2 aromatic heterocycles. The van der Waals surface area contributed by atoms with Crippen LogP contribution in [0.3, 0.4) is 0 Å². The van der Waals surface area contributed by atoms with Crippen molar-refractivity contribution >= 4 is 17.5 Å². The molecule has 3 aromatic carbocycles. The fourth-order valence-corrected chi connectivity index (χ4v) is 4.66. The first-order valence-corrected chi connectivity index (χ1v) is 13.7. The lowest BCUT2D eigenvalue weighted by Crippen LogP contribution is -2.45. The van der Waals surface area contributed by atoms with Crippen LogP contribution >= 0.6 is 0 Å². The van der Waals surface area contributed by atoms with Crippen molar-refractivity contribution in [2.24, 2.45) is 5.41 Å². The van der Waals surface area contributed by atoms with Crippen molar-refractivity contribution in [2.45, 2.75) is 13.2 Å². The number of hydrogen-bond donors (Lipinski definition) is 3. The summed E-state index contributed by atoms with van der Waals surface area (Å²) in [5, 5.41) is 5.81. The normalized spacial score (nSPS) is 18.1. The molecule has 0 spiro atoms. The highest BCUT2D eigenvalue weighted by Crippen LogP contribution is 2.35. The molecule has 0 unspecified atom stereocenters. The molecule has 0 radical (unpaired) electrons. The van der Waals surface area contributed by atoms with Crippen molar-refractivity contribution in [3.63, 3.8) is 0 Å². The number of halogens is 3. The van der Waals surface area contributed by atoms with Gasteiger partial charge in [-0.25, -0.2) is 28.1 Å². The molecule has 3 heterocycles. The SMILES string of the molecule is CC1(CNC(=O)c2ccccc2)COC(c2nc(-c3ccc(F)cc3)c(-c3ccnc(Nc4ccc(F)c(F)c4)n3)[nH]2)OC1. The molecule has 6 rings (SSSR count). The number of rotatable bonds is 8. The number of H-pyrrole nitrogens is 1. The summed E-state index contributed by atoms with van der Waals surface area (Å²) in [7, 11) is 0. The summed E-state index contributed by atoms with van der Waals surface area (Å²) in [5.41, 5.74) is 2.33. The van der Waals surface area contributed by atoms with Crippen LogP contribution in [0.4, 0.5) is 24.8 Å². The minimum Gasteiger partial charge on any atom is -0.351 e. The number of amides is 1. The molecule has 1 aliphatic heterocycles. The average Bonchev–Trinajstić information content (AvgIpc) is 3.49. The molecule has 1 amide bonds. The first-order chi connectivity index (χ1) is 21.3. The third-order valence-corrected chi connectivity index (χ3v) is 7.03. The monoisotopic (exact) mass is 600 g/mol. The Kier molecular flexibility index (Phi) is 8.09. The van der Waals surface area contributed by atoms with Gasteiger partial charge in [0.1, 0.15) is 5.82 Å². The first kappa shape index (κ1) is 29.0. The van der Waals surface area contributed by atoms with E-state index in [1.807, 2.05) is 13.0 Å². The molecule has 5 aromatic rings. The molecule has 9 nitrogen and oxygen atoms in total. The minimum atomic E-state index is -1.01. The Balaban J connectivity index is 1.22. The number of nitrogens with zero attached hydrogens (tertiary/aromatic N) is 3. The van der Waals surface area contributed by atoms with Crippen molar-refractivity contribution in [1.29, 1.82) is 0 Å². The summed E-state index contributed by atoms with van der Waals surface area (Å²) < 4.78 is 53.0. The first-order valence-electron chi connectivity index (χ1n) is 13.7. The lowest BCUT2D eigenvalue weighted by molar-refractivity contribution is -0.231. The van der Waals surface area contributed by atoms with E-state index in [1.165, 1.54) is 24.4 Å². The van der Waals surface area contributed by atoms with Gasteiger partial charge in [0.15, 0.2) is 17.5 Å². The number of imidazole rings is 1. The fourth-order valence-electron chi connectivity index (χ4n) is 4.66. The van der Waals surface area contributed by atoms with Gasteiger partial charge in [0.2, 0.25) is 12.2 Å². The summed E-state index contributed by atoms with van der Waals surface area (Å²) in [4.78, 5) is 29.2. The molecule has 0 aliphatic carbocycles. The number of anilines is 2. The van der Waals surface area contributed by atoms with Gasteiger partial charge in [-0.1, -0.05) is 25.1 Å². The number of aromatic nitrogens is 4. The van der Waals surface area contributed by atoms with Gasteiger partial charge < -0.3 is 25.1 Å². The maximum Gasteiger partial charge on any atom is 0.251 e. The Morgan fingerprint density at radius 1 is 0.955 bits per heavy atom. The topological polar surface area (TPSA) is 114 Å². The Bertz CT molecular complexity index is 1770. The van der Waals surface area contributed by atoms with E-state index in [-0.39, 0.29) is 30.8 Å². The van der Waals surface area contributed by atoms with Gasteiger partial charge in [-0.2, -0.15) is 0 Å². The number of nitrogens with one attached hydrogen (secondary N) is 3. The van der Waals surface area contributed by atoms with Crippen LogP contribution in [0.5, 0.6) is 0 Å². The highest BCUT2D eigenvalue weighted by atomic mass is 19.2. The standard InChI is InChI=1S/C32H27F3N6O3/c1-32(16-37-29(42)20-5-3-2-4-6-20)17-43-30(44-18-32)28-40-26(19-7-9-21(33)10-8-19)27(41-28)25-13-14-36-31(39-25)38-22-11-12-23(34)24(35)15-22/h2-15,30H,16-18H2,1H3,(H,37,42)(H,40,41)(H,36,38,39). The van der Waals surface area contributed by atoms with E-state index in [2.05, 4.69) is 25.6 Å². The maximum absolute atomic E-state index is 13.7. The molecule has 1 fully saturated rings. The van der Waals surface area contributed by atoms with Crippen molar-refractivity contribution in [3.8, 4) is 22.6 Å². The van der Waals surface area contributed by atoms with Gasteiger partial charge in [-0.3, -0.25) is 4.79 Å². The van der Waals surface area contributed by atoms with Crippen molar-refractivity contribution < 1.29 is 27.4 Å². The summed E-state index contributed by atoms with van der Waals surface area (Å²) in [6, 6.07) is 19.8. The molecular formula is C32H27F3N6O3. The Labute approximate surface area is 250 Å². The molecule has 12 heteroatoms. The van der Waals surface area contributed by atoms with Gasteiger partial charge in [0, 0.05) is 41.0 Å². The van der Waals surface area contributed by atoms with E-state index >= 15 is 0 Å². The number of carbonyl (C=O) groups excluding carboxylic acids is 1. The number of hydrogen-bond acceptors (Lipinski definition) is 7. The van der Waals surface area contributed by atoms with Crippen LogP contribution in [0.1, 0.15) is 29.4 Å². The number of carbonyl (C=O) groups is 1. The quantitative estimate of drug-likeness (QED) is 0.195. The van der Waals surface area contributed by atoms with Crippen molar-refractivity contribution in [3.05, 3.63) is 114 Å². The lowest BCUT2D eigenvalue weighted by Gasteiger charge is -2.36. The third-order valence-electron chi connectivity index (χ3n) is 7.03. The van der Waals surface area contributed by atoms with Gasteiger partial charge in [-0.15, -0.1) is 0 Å². The van der Waals surface area contributed by atoms with E-state index in [0.29, 0.717) is 40.6 Å². The second-order valence-corrected chi connectivity index (χ2v) is 10.7. The molecule has 0 bridgehead atoms. The minimum absolute atomic E-state index is 0.133. The number of ether oxygens (including phenoxy) is 2. The lowest BCUT2D eigenvalue weighted by atomic mass is 9.92. The highest BCUT2D eigenvalue weighted by Gasteiger charge is 2.35. The Morgan fingerprint density at radius 3 is 2.43 bits per heavy atom.